The van der Waals surface area contributed by atoms with Gasteiger partial charge in [0.05, 0.1) is 22.9 Å². The highest BCUT2D eigenvalue weighted by Gasteiger charge is 2.18. The molecule has 0 saturated carbocycles. The summed E-state index contributed by atoms with van der Waals surface area (Å²) in [4.78, 5) is 26.3. The van der Waals surface area contributed by atoms with Gasteiger partial charge >= 0.3 is 0 Å². The molecule has 0 saturated heterocycles. The van der Waals surface area contributed by atoms with Crippen LogP contribution in [0, 0.1) is 6.92 Å². The van der Waals surface area contributed by atoms with E-state index in [-0.39, 0.29) is 11.8 Å². The number of nitrogens with one attached hydrogen (secondary N) is 3. The number of fused-ring (bicyclic) bond motifs is 1. The van der Waals surface area contributed by atoms with E-state index in [4.69, 9.17) is 4.74 Å². The molecule has 0 aliphatic carbocycles. The monoisotopic (exact) mass is 406 g/mol. The second-order valence-electron chi connectivity index (χ2n) is 6.40. The molecule has 2 aromatic carbocycles. The first kappa shape index (κ1) is 18.7. The Hall–Kier alpha value is -3.65. The van der Waals surface area contributed by atoms with E-state index >= 15 is 0 Å². The van der Waals surface area contributed by atoms with Gasteiger partial charge in [0.1, 0.15) is 16.4 Å². The van der Waals surface area contributed by atoms with E-state index < -0.39 is 0 Å². The Morgan fingerprint density at radius 3 is 2.55 bits per heavy atom. The number of amides is 2. The van der Waals surface area contributed by atoms with Gasteiger partial charge in [0.15, 0.2) is 0 Å². The molecule has 2 amide bonds. The molecule has 0 aliphatic rings. The van der Waals surface area contributed by atoms with Crippen molar-refractivity contribution < 1.29 is 14.3 Å². The molecule has 4 rings (SSSR count). The average Bonchev–Trinajstić information content (AvgIpc) is 3.31. The Morgan fingerprint density at radius 1 is 1.03 bits per heavy atom. The maximum absolute atomic E-state index is 12.6. The number of aryl methyl sites for hydroxylation is 1. The molecule has 0 bridgehead atoms. The molecule has 146 valence electrons. The third-order valence-electron chi connectivity index (χ3n) is 4.37. The molecule has 2 aromatic heterocycles. The first-order chi connectivity index (χ1) is 14.0. The van der Waals surface area contributed by atoms with E-state index in [9.17, 15) is 9.59 Å². The van der Waals surface area contributed by atoms with Crippen molar-refractivity contribution in [1.29, 1.82) is 0 Å². The van der Waals surface area contributed by atoms with Crippen LogP contribution in [0.25, 0.3) is 10.2 Å². The quantitative estimate of drug-likeness (QED) is 0.456. The molecular weight excluding hydrogens is 388 g/mol. The summed E-state index contributed by atoms with van der Waals surface area (Å²) in [6.45, 7) is 1.99. The van der Waals surface area contributed by atoms with E-state index in [1.165, 1.54) is 18.4 Å². The fourth-order valence-electron chi connectivity index (χ4n) is 2.86. The van der Waals surface area contributed by atoms with Crippen molar-refractivity contribution in [2.24, 2.45) is 0 Å². The molecule has 0 atom stereocenters. The number of nitrogens with zero attached hydrogens (tertiary/aromatic N) is 1. The normalized spacial score (nSPS) is 10.7. The van der Waals surface area contributed by atoms with E-state index in [2.05, 4.69) is 20.8 Å². The number of H-pyrrole nitrogens is 1. The van der Waals surface area contributed by atoms with Gasteiger partial charge in [-0.3, -0.25) is 14.7 Å². The number of aromatic nitrogens is 2. The third-order valence-corrected chi connectivity index (χ3v) is 5.40. The van der Waals surface area contributed by atoms with Crippen LogP contribution in [-0.2, 0) is 0 Å². The second kappa shape index (κ2) is 7.76. The first-order valence-corrected chi connectivity index (χ1v) is 9.67. The Balaban J connectivity index is 1.55. The minimum Gasteiger partial charge on any atom is -0.496 e. The molecule has 0 spiro atoms. The number of thiophene rings is 1. The summed E-state index contributed by atoms with van der Waals surface area (Å²) in [6, 6.07) is 16.2. The zero-order chi connectivity index (χ0) is 20.4. The number of carbonyl (C=O) groups excluding carboxylic acids is 2. The van der Waals surface area contributed by atoms with Crippen LogP contribution >= 0.6 is 11.3 Å². The molecule has 8 heteroatoms. The van der Waals surface area contributed by atoms with Crippen LogP contribution in [0.1, 0.15) is 25.6 Å². The van der Waals surface area contributed by atoms with Crippen molar-refractivity contribution in [2.75, 3.05) is 17.7 Å². The Labute approximate surface area is 170 Å². The second-order valence-corrected chi connectivity index (χ2v) is 7.43. The highest BCUT2D eigenvalue weighted by molar-refractivity contribution is 7.20. The van der Waals surface area contributed by atoms with E-state index in [1.54, 1.807) is 30.3 Å². The van der Waals surface area contributed by atoms with Crippen LogP contribution in [0.5, 0.6) is 5.75 Å². The summed E-state index contributed by atoms with van der Waals surface area (Å²) in [5, 5.41) is 13.3. The molecular formula is C21H18N4O3S. The third kappa shape index (κ3) is 3.83. The van der Waals surface area contributed by atoms with Gasteiger partial charge in [0.25, 0.3) is 11.8 Å². The Kier molecular flexibility index (Phi) is 5.01. The smallest absolute Gasteiger partial charge is 0.265 e. The first-order valence-electron chi connectivity index (χ1n) is 8.85. The zero-order valence-electron chi connectivity index (χ0n) is 15.8. The Bertz CT molecular complexity index is 1190. The molecule has 0 fully saturated rings. The number of hydrogen-bond acceptors (Lipinski definition) is 5. The van der Waals surface area contributed by atoms with Crippen molar-refractivity contribution in [2.45, 2.75) is 6.92 Å². The highest BCUT2D eigenvalue weighted by atomic mass is 32.1. The Morgan fingerprint density at radius 2 is 1.79 bits per heavy atom. The van der Waals surface area contributed by atoms with Gasteiger partial charge in [-0.05, 0) is 37.3 Å². The molecule has 29 heavy (non-hydrogen) atoms. The fourth-order valence-corrected chi connectivity index (χ4v) is 3.75. The van der Waals surface area contributed by atoms with Crippen molar-refractivity contribution in [3.8, 4) is 5.75 Å². The van der Waals surface area contributed by atoms with Crippen molar-refractivity contribution in [3.63, 3.8) is 0 Å². The molecule has 0 unspecified atom stereocenters. The van der Waals surface area contributed by atoms with Crippen LogP contribution < -0.4 is 15.4 Å². The summed E-state index contributed by atoms with van der Waals surface area (Å²) in [7, 11) is 1.51. The lowest BCUT2D eigenvalue weighted by molar-refractivity contribution is 0.101. The van der Waals surface area contributed by atoms with Crippen molar-refractivity contribution in [3.05, 3.63) is 70.6 Å². The molecule has 2 heterocycles. The van der Waals surface area contributed by atoms with Gasteiger partial charge in [-0.1, -0.05) is 29.8 Å². The molecule has 4 aromatic rings. The maximum atomic E-state index is 12.6. The van der Waals surface area contributed by atoms with Crippen LogP contribution in [0.15, 0.2) is 54.6 Å². The van der Waals surface area contributed by atoms with Crippen LogP contribution in [0.4, 0.5) is 11.5 Å². The number of anilines is 2. The standard InChI is InChI=1S/C21H18N4O3S/c1-12-7-9-13(10-8-12)22-20(27)17-11-15-18(24-25-21(15)29-17)23-19(26)14-5-3-4-6-16(14)28-2/h3-11H,1-2H3,(H,22,27)(H2,23,24,25,26). The summed E-state index contributed by atoms with van der Waals surface area (Å²) < 4.78 is 5.24. The molecule has 0 radical (unpaired) electrons. The zero-order valence-corrected chi connectivity index (χ0v) is 16.6. The summed E-state index contributed by atoms with van der Waals surface area (Å²) >= 11 is 1.25. The van der Waals surface area contributed by atoms with E-state index in [1.807, 2.05) is 31.2 Å². The summed E-state index contributed by atoms with van der Waals surface area (Å²) in [5.41, 5.74) is 2.25. The van der Waals surface area contributed by atoms with Gasteiger partial charge in [0.2, 0.25) is 0 Å². The number of ether oxygens (including phenoxy) is 1. The van der Waals surface area contributed by atoms with E-state index in [0.717, 1.165) is 11.3 Å². The fraction of sp³-hybridized carbons (Fsp3) is 0.0952. The van der Waals surface area contributed by atoms with Crippen LogP contribution in [0.2, 0.25) is 0 Å². The lowest BCUT2D eigenvalue weighted by Gasteiger charge is -2.07. The molecule has 3 N–H and O–H groups in total. The number of methoxy groups -OCH3 is 1. The number of carbonyl (C=O) groups is 2. The van der Waals surface area contributed by atoms with Gasteiger partial charge in [0, 0.05) is 5.69 Å². The number of aromatic amines is 1. The molecule has 0 aliphatic heterocycles. The lowest BCUT2D eigenvalue weighted by atomic mass is 10.2. The maximum Gasteiger partial charge on any atom is 0.265 e. The number of benzene rings is 2. The lowest BCUT2D eigenvalue weighted by Crippen LogP contribution is -2.13. The predicted molar refractivity (Wildman–Crippen MR) is 114 cm³/mol. The average molecular weight is 406 g/mol. The number of hydrogen-bond donors (Lipinski definition) is 3. The highest BCUT2D eigenvalue weighted by Crippen LogP contribution is 2.30. The van der Waals surface area contributed by atoms with Gasteiger partial charge in [-0.25, -0.2) is 0 Å². The van der Waals surface area contributed by atoms with Crippen molar-refractivity contribution >= 4 is 44.9 Å². The largest absolute Gasteiger partial charge is 0.496 e. The summed E-state index contributed by atoms with van der Waals surface area (Å²) in [5.74, 6) is 0.356. The van der Waals surface area contributed by atoms with Gasteiger partial charge in [-0.15, -0.1) is 11.3 Å². The molecule has 7 nitrogen and oxygen atoms in total. The van der Waals surface area contributed by atoms with Gasteiger partial charge < -0.3 is 15.4 Å². The minimum absolute atomic E-state index is 0.223. The van der Waals surface area contributed by atoms with Crippen molar-refractivity contribution in [1.82, 2.24) is 10.2 Å². The van der Waals surface area contributed by atoms with Crippen LogP contribution in [0.3, 0.4) is 0 Å². The number of rotatable bonds is 5. The topological polar surface area (TPSA) is 96.1 Å². The van der Waals surface area contributed by atoms with Gasteiger partial charge in [-0.2, -0.15) is 5.10 Å². The predicted octanol–water partition coefficient (Wildman–Crippen LogP) is 4.45. The van der Waals surface area contributed by atoms with E-state index in [0.29, 0.717) is 32.2 Å². The SMILES string of the molecule is COc1ccccc1C(=O)Nc1[nH]nc2sc(C(=O)Nc3ccc(C)cc3)cc12. The minimum atomic E-state index is -0.329. The summed E-state index contributed by atoms with van der Waals surface area (Å²) in [6.07, 6.45) is 0. The van der Waals surface area contributed by atoms with Crippen LogP contribution in [-0.4, -0.2) is 29.1 Å². The number of para-hydroxylation sites is 1.